The second-order valence-corrected chi connectivity index (χ2v) is 3.88. The Morgan fingerprint density at radius 3 is 2.56 bits per heavy atom. The number of carbonyl (C=O) groups is 2. The number of carbonyl (C=O) groups excluding carboxylic acids is 2. The number of nitrogens with one attached hydrogen (secondary N) is 1. The summed E-state index contributed by atoms with van der Waals surface area (Å²) in [6.07, 6.45) is 1.48. The van der Waals surface area contributed by atoms with Crippen molar-refractivity contribution in [3.8, 4) is 0 Å². The minimum absolute atomic E-state index is 0.111. The minimum atomic E-state index is -1.13. The molecule has 1 aromatic heterocycles. The number of nitrogen functional groups attached to an aromatic ring is 1. The SMILES string of the molecule is CC(C)(NC(=O)c1cccnc1N)C(N)=O. The van der Waals surface area contributed by atoms with Crippen molar-refractivity contribution in [2.24, 2.45) is 5.73 Å². The smallest absolute Gasteiger partial charge is 0.255 e. The summed E-state index contributed by atoms with van der Waals surface area (Å²) in [6, 6.07) is 3.11. The van der Waals surface area contributed by atoms with Gasteiger partial charge in [-0.15, -0.1) is 0 Å². The molecular weight excluding hydrogens is 208 g/mol. The summed E-state index contributed by atoms with van der Waals surface area (Å²) in [5.74, 6) is -0.988. The standard InChI is InChI=1S/C10H14N4O2/c1-10(2,9(12)16)14-8(15)6-4-3-5-13-7(6)11/h3-5H,1-2H3,(H2,11,13)(H2,12,16)(H,14,15). The largest absolute Gasteiger partial charge is 0.383 e. The first-order valence-electron chi connectivity index (χ1n) is 4.67. The number of hydrogen-bond donors (Lipinski definition) is 3. The highest BCUT2D eigenvalue weighted by Gasteiger charge is 2.27. The third kappa shape index (κ3) is 2.47. The predicted molar refractivity (Wildman–Crippen MR) is 59.4 cm³/mol. The minimum Gasteiger partial charge on any atom is -0.383 e. The van der Waals surface area contributed by atoms with E-state index in [0.29, 0.717) is 0 Å². The van der Waals surface area contributed by atoms with E-state index < -0.39 is 17.4 Å². The molecule has 0 aliphatic carbocycles. The van der Waals surface area contributed by atoms with Gasteiger partial charge in [-0.3, -0.25) is 9.59 Å². The Morgan fingerprint density at radius 2 is 2.06 bits per heavy atom. The van der Waals surface area contributed by atoms with Crippen molar-refractivity contribution in [3.05, 3.63) is 23.9 Å². The summed E-state index contributed by atoms with van der Waals surface area (Å²) in [5, 5.41) is 2.48. The molecule has 0 aliphatic heterocycles. The Hall–Kier alpha value is -2.11. The van der Waals surface area contributed by atoms with Crippen molar-refractivity contribution in [2.45, 2.75) is 19.4 Å². The van der Waals surface area contributed by atoms with Crippen LogP contribution in [0.1, 0.15) is 24.2 Å². The Bertz CT molecular complexity index is 429. The van der Waals surface area contributed by atoms with Crippen molar-refractivity contribution in [1.29, 1.82) is 0 Å². The molecule has 6 nitrogen and oxygen atoms in total. The van der Waals surface area contributed by atoms with Gasteiger partial charge in [0.1, 0.15) is 11.4 Å². The van der Waals surface area contributed by atoms with Crippen molar-refractivity contribution >= 4 is 17.6 Å². The summed E-state index contributed by atoms with van der Waals surface area (Å²) in [4.78, 5) is 26.6. The van der Waals surface area contributed by atoms with E-state index in [1.165, 1.54) is 26.1 Å². The van der Waals surface area contributed by atoms with E-state index in [9.17, 15) is 9.59 Å². The maximum absolute atomic E-state index is 11.7. The molecule has 0 bridgehead atoms. The lowest BCUT2D eigenvalue weighted by atomic mass is 10.0. The quantitative estimate of drug-likeness (QED) is 0.649. The Morgan fingerprint density at radius 1 is 1.44 bits per heavy atom. The summed E-state index contributed by atoms with van der Waals surface area (Å²) >= 11 is 0. The molecule has 0 saturated heterocycles. The number of rotatable bonds is 3. The van der Waals surface area contributed by atoms with E-state index in [1.54, 1.807) is 6.07 Å². The van der Waals surface area contributed by atoms with E-state index in [-0.39, 0.29) is 11.4 Å². The molecule has 0 fully saturated rings. The van der Waals surface area contributed by atoms with Crippen LogP contribution in [0.5, 0.6) is 0 Å². The van der Waals surface area contributed by atoms with Crippen LogP contribution in [-0.4, -0.2) is 22.3 Å². The van der Waals surface area contributed by atoms with Gasteiger partial charge in [0.05, 0.1) is 5.56 Å². The van der Waals surface area contributed by atoms with Crippen LogP contribution >= 0.6 is 0 Å². The summed E-state index contributed by atoms with van der Waals surface area (Å²) in [7, 11) is 0. The molecule has 0 spiro atoms. The molecule has 0 atom stereocenters. The fraction of sp³-hybridized carbons (Fsp3) is 0.300. The molecule has 2 amide bonds. The van der Waals surface area contributed by atoms with Gasteiger partial charge in [-0.05, 0) is 26.0 Å². The van der Waals surface area contributed by atoms with E-state index in [2.05, 4.69) is 10.3 Å². The number of anilines is 1. The molecule has 1 rings (SSSR count). The summed E-state index contributed by atoms with van der Waals surface area (Å²) in [6.45, 7) is 3.03. The zero-order valence-corrected chi connectivity index (χ0v) is 9.15. The first kappa shape index (κ1) is 12.0. The fourth-order valence-corrected chi connectivity index (χ4v) is 1.02. The number of pyridine rings is 1. The molecule has 6 heteroatoms. The van der Waals surface area contributed by atoms with Gasteiger partial charge in [-0.2, -0.15) is 0 Å². The first-order chi connectivity index (χ1) is 7.34. The normalized spacial score (nSPS) is 10.9. The van der Waals surface area contributed by atoms with E-state index in [1.807, 2.05) is 0 Å². The second kappa shape index (κ2) is 4.18. The van der Waals surface area contributed by atoms with E-state index >= 15 is 0 Å². The topological polar surface area (TPSA) is 111 Å². The highest BCUT2D eigenvalue weighted by molar-refractivity contribution is 6.01. The van der Waals surface area contributed by atoms with Crippen LogP contribution in [0.2, 0.25) is 0 Å². The second-order valence-electron chi connectivity index (χ2n) is 3.88. The highest BCUT2D eigenvalue weighted by atomic mass is 16.2. The predicted octanol–water partition coefficient (Wildman–Crippen LogP) is -0.342. The van der Waals surface area contributed by atoms with Crippen molar-refractivity contribution < 1.29 is 9.59 Å². The van der Waals surface area contributed by atoms with Crippen LogP contribution in [0.3, 0.4) is 0 Å². The van der Waals surface area contributed by atoms with Gasteiger partial charge in [-0.1, -0.05) is 0 Å². The van der Waals surface area contributed by atoms with Gasteiger partial charge in [0, 0.05) is 6.20 Å². The maximum atomic E-state index is 11.7. The third-order valence-electron chi connectivity index (χ3n) is 2.13. The molecule has 5 N–H and O–H groups in total. The number of hydrogen-bond acceptors (Lipinski definition) is 4. The molecule has 0 saturated carbocycles. The lowest BCUT2D eigenvalue weighted by molar-refractivity contribution is -0.122. The van der Waals surface area contributed by atoms with Crippen molar-refractivity contribution in [3.63, 3.8) is 0 Å². The molecule has 0 aliphatic rings. The summed E-state index contributed by atoms with van der Waals surface area (Å²) in [5.41, 5.74) is 9.76. The van der Waals surface area contributed by atoms with Gasteiger partial charge in [0.2, 0.25) is 5.91 Å². The number of nitrogens with two attached hydrogens (primary N) is 2. The van der Waals surface area contributed by atoms with Crippen LogP contribution in [-0.2, 0) is 4.79 Å². The van der Waals surface area contributed by atoms with Crippen molar-refractivity contribution in [2.75, 3.05) is 5.73 Å². The molecule has 86 valence electrons. The monoisotopic (exact) mass is 222 g/mol. The molecule has 1 heterocycles. The van der Waals surface area contributed by atoms with Crippen LogP contribution in [0.25, 0.3) is 0 Å². The number of primary amides is 1. The number of amides is 2. The van der Waals surface area contributed by atoms with Crippen LogP contribution < -0.4 is 16.8 Å². The molecule has 0 unspecified atom stereocenters. The van der Waals surface area contributed by atoms with E-state index in [4.69, 9.17) is 11.5 Å². The molecule has 0 aromatic carbocycles. The van der Waals surface area contributed by atoms with E-state index in [0.717, 1.165) is 0 Å². The van der Waals surface area contributed by atoms with Crippen LogP contribution in [0.15, 0.2) is 18.3 Å². The zero-order valence-electron chi connectivity index (χ0n) is 9.15. The van der Waals surface area contributed by atoms with Gasteiger partial charge in [-0.25, -0.2) is 4.98 Å². The average Bonchev–Trinajstić information content (AvgIpc) is 2.17. The lowest BCUT2D eigenvalue weighted by Crippen LogP contribution is -2.53. The molecular formula is C10H14N4O2. The van der Waals surface area contributed by atoms with Crippen LogP contribution in [0.4, 0.5) is 5.82 Å². The van der Waals surface area contributed by atoms with Gasteiger partial charge in [0.25, 0.3) is 5.91 Å². The van der Waals surface area contributed by atoms with Crippen molar-refractivity contribution in [1.82, 2.24) is 10.3 Å². The van der Waals surface area contributed by atoms with Gasteiger partial charge < -0.3 is 16.8 Å². The Labute approximate surface area is 93.0 Å². The zero-order chi connectivity index (χ0) is 12.3. The Kier molecular flexibility index (Phi) is 3.12. The fourth-order valence-electron chi connectivity index (χ4n) is 1.02. The van der Waals surface area contributed by atoms with Crippen LogP contribution in [0, 0.1) is 0 Å². The van der Waals surface area contributed by atoms with Gasteiger partial charge in [0.15, 0.2) is 0 Å². The molecule has 0 radical (unpaired) electrons. The number of nitrogens with zero attached hydrogens (tertiary/aromatic N) is 1. The lowest BCUT2D eigenvalue weighted by Gasteiger charge is -2.22. The first-order valence-corrected chi connectivity index (χ1v) is 4.67. The Balaban J connectivity index is 2.89. The highest BCUT2D eigenvalue weighted by Crippen LogP contribution is 2.09. The van der Waals surface area contributed by atoms with Gasteiger partial charge >= 0.3 is 0 Å². The molecule has 16 heavy (non-hydrogen) atoms. The maximum Gasteiger partial charge on any atom is 0.255 e. The average molecular weight is 222 g/mol. The molecule has 1 aromatic rings. The number of aromatic nitrogens is 1. The summed E-state index contributed by atoms with van der Waals surface area (Å²) < 4.78 is 0. The third-order valence-corrected chi connectivity index (χ3v) is 2.13.